The molecule has 1 heterocycles. The van der Waals surface area contributed by atoms with Gasteiger partial charge in [0.15, 0.2) is 0 Å². The largest absolute Gasteiger partial charge is 0.292 e. The Morgan fingerprint density at radius 2 is 1.91 bits per heavy atom. The quantitative estimate of drug-likeness (QED) is 0.577. The van der Waals surface area contributed by atoms with Crippen LogP contribution in [0.3, 0.4) is 0 Å². The molecule has 0 radical (unpaired) electrons. The lowest BCUT2D eigenvalue weighted by Gasteiger charge is -2.34. The van der Waals surface area contributed by atoms with Gasteiger partial charge in [-0.2, -0.15) is 5.10 Å². The first-order valence-electron chi connectivity index (χ1n) is 11.9. The average molecular weight is 436 g/mol. The standard InChI is InChI=1S/C27H34FN3O/c1-4-30(23-11-6-5-7-12-23)18-27(32)31-26(21-9-8-10-22(28)16-21)17-25(29-31)24-14-13-19(2)15-20(24)3/h8-10,13-16,23,26H,4-7,11-12,17-18H2,1-3H3. The Morgan fingerprint density at radius 1 is 1.12 bits per heavy atom. The van der Waals surface area contributed by atoms with Gasteiger partial charge in [-0.3, -0.25) is 9.69 Å². The Morgan fingerprint density at radius 3 is 2.59 bits per heavy atom. The third-order valence-corrected chi connectivity index (χ3v) is 6.93. The molecule has 4 rings (SSSR count). The molecule has 32 heavy (non-hydrogen) atoms. The van der Waals surface area contributed by atoms with E-state index in [2.05, 4.69) is 43.9 Å². The molecule has 170 valence electrons. The molecule has 1 aliphatic heterocycles. The molecule has 0 N–H and O–H groups in total. The first-order valence-corrected chi connectivity index (χ1v) is 11.9. The number of carbonyl (C=O) groups is 1. The number of benzene rings is 2. The molecule has 4 nitrogen and oxygen atoms in total. The maximum Gasteiger partial charge on any atom is 0.257 e. The molecule has 1 unspecified atom stereocenters. The van der Waals surface area contributed by atoms with Gasteiger partial charge in [-0.25, -0.2) is 9.40 Å². The highest BCUT2D eigenvalue weighted by Gasteiger charge is 2.35. The van der Waals surface area contributed by atoms with E-state index < -0.39 is 0 Å². The van der Waals surface area contributed by atoms with Crippen LogP contribution in [-0.4, -0.2) is 40.7 Å². The highest BCUT2D eigenvalue weighted by Crippen LogP contribution is 2.34. The van der Waals surface area contributed by atoms with Gasteiger partial charge in [0.05, 0.1) is 18.3 Å². The van der Waals surface area contributed by atoms with Crippen LogP contribution in [0, 0.1) is 19.7 Å². The molecule has 2 aromatic rings. The molecule has 0 saturated heterocycles. The van der Waals surface area contributed by atoms with Crippen LogP contribution in [0.1, 0.15) is 73.7 Å². The fourth-order valence-corrected chi connectivity index (χ4v) is 5.21. The predicted octanol–water partition coefficient (Wildman–Crippen LogP) is 5.77. The summed E-state index contributed by atoms with van der Waals surface area (Å²) in [6.07, 6.45) is 6.67. The number of hydrogen-bond acceptors (Lipinski definition) is 3. The summed E-state index contributed by atoms with van der Waals surface area (Å²) in [6, 6.07) is 13.1. The first kappa shape index (κ1) is 22.7. The molecule has 0 bridgehead atoms. The summed E-state index contributed by atoms with van der Waals surface area (Å²) in [4.78, 5) is 15.8. The molecule has 1 amide bonds. The van der Waals surface area contributed by atoms with Crippen molar-refractivity contribution in [3.63, 3.8) is 0 Å². The maximum absolute atomic E-state index is 14.0. The number of likely N-dealkylation sites (N-methyl/N-ethyl adjacent to an activating group) is 1. The van der Waals surface area contributed by atoms with Crippen molar-refractivity contribution in [2.24, 2.45) is 5.10 Å². The van der Waals surface area contributed by atoms with Crippen molar-refractivity contribution in [1.29, 1.82) is 0 Å². The van der Waals surface area contributed by atoms with Gasteiger partial charge in [0, 0.05) is 18.0 Å². The van der Waals surface area contributed by atoms with E-state index in [-0.39, 0.29) is 17.8 Å². The number of amides is 1. The summed E-state index contributed by atoms with van der Waals surface area (Å²) in [6.45, 7) is 7.48. The minimum absolute atomic E-state index is 0.00792. The van der Waals surface area contributed by atoms with Crippen LogP contribution in [-0.2, 0) is 4.79 Å². The van der Waals surface area contributed by atoms with Crippen LogP contribution in [0.15, 0.2) is 47.6 Å². The lowest BCUT2D eigenvalue weighted by Crippen LogP contribution is -2.44. The predicted molar refractivity (Wildman–Crippen MR) is 127 cm³/mol. The number of hydrazone groups is 1. The van der Waals surface area contributed by atoms with Gasteiger partial charge in [0.25, 0.3) is 5.91 Å². The molecule has 1 atom stereocenters. The van der Waals surface area contributed by atoms with Crippen LogP contribution in [0.2, 0.25) is 0 Å². The van der Waals surface area contributed by atoms with E-state index in [0.717, 1.165) is 41.8 Å². The van der Waals surface area contributed by atoms with Gasteiger partial charge >= 0.3 is 0 Å². The molecule has 1 fully saturated rings. The van der Waals surface area contributed by atoms with Gasteiger partial charge in [0.1, 0.15) is 5.82 Å². The summed E-state index contributed by atoms with van der Waals surface area (Å²) in [7, 11) is 0. The number of halogens is 1. The zero-order chi connectivity index (χ0) is 22.7. The second-order valence-electron chi connectivity index (χ2n) is 9.23. The number of hydrogen-bond donors (Lipinski definition) is 0. The molecule has 1 saturated carbocycles. The minimum Gasteiger partial charge on any atom is -0.292 e. The van der Waals surface area contributed by atoms with Crippen LogP contribution < -0.4 is 0 Å². The summed E-state index contributed by atoms with van der Waals surface area (Å²) >= 11 is 0. The van der Waals surface area contributed by atoms with E-state index in [1.165, 1.54) is 37.0 Å². The van der Waals surface area contributed by atoms with Gasteiger partial charge in [-0.05, 0) is 56.5 Å². The summed E-state index contributed by atoms with van der Waals surface area (Å²) in [5.41, 5.74) is 5.10. The molecule has 2 aliphatic rings. The van der Waals surface area contributed by atoms with Crippen molar-refractivity contribution >= 4 is 11.6 Å². The van der Waals surface area contributed by atoms with Crippen molar-refractivity contribution in [2.45, 2.75) is 71.4 Å². The van der Waals surface area contributed by atoms with Crippen molar-refractivity contribution < 1.29 is 9.18 Å². The topological polar surface area (TPSA) is 35.9 Å². The summed E-state index contributed by atoms with van der Waals surface area (Å²) in [5.74, 6) is -0.293. The summed E-state index contributed by atoms with van der Waals surface area (Å²) < 4.78 is 14.0. The Bertz CT molecular complexity index is 996. The molecular formula is C27H34FN3O. The SMILES string of the molecule is CCN(CC(=O)N1N=C(c2ccc(C)cc2C)CC1c1cccc(F)c1)C1CCCCC1. The lowest BCUT2D eigenvalue weighted by atomic mass is 9.94. The van der Waals surface area contributed by atoms with Crippen molar-refractivity contribution in [1.82, 2.24) is 9.91 Å². The highest BCUT2D eigenvalue weighted by atomic mass is 19.1. The third-order valence-electron chi connectivity index (χ3n) is 6.93. The zero-order valence-electron chi connectivity index (χ0n) is 19.5. The molecule has 0 aromatic heterocycles. The Labute approximate surface area is 191 Å². The van der Waals surface area contributed by atoms with E-state index in [1.54, 1.807) is 11.1 Å². The molecular weight excluding hydrogens is 401 g/mol. The van der Waals surface area contributed by atoms with Gasteiger partial charge in [0.2, 0.25) is 0 Å². The van der Waals surface area contributed by atoms with Crippen LogP contribution in [0.25, 0.3) is 0 Å². The molecule has 0 spiro atoms. The molecule has 1 aliphatic carbocycles. The smallest absolute Gasteiger partial charge is 0.257 e. The average Bonchev–Trinajstić information content (AvgIpc) is 3.23. The van der Waals surface area contributed by atoms with E-state index in [9.17, 15) is 9.18 Å². The number of carbonyl (C=O) groups excluding carboxylic acids is 1. The van der Waals surface area contributed by atoms with Crippen molar-refractivity contribution in [3.05, 3.63) is 70.5 Å². The van der Waals surface area contributed by atoms with Crippen molar-refractivity contribution in [3.8, 4) is 0 Å². The van der Waals surface area contributed by atoms with Crippen molar-refractivity contribution in [2.75, 3.05) is 13.1 Å². The molecule has 2 aromatic carbocycles. The summed E-state index contributed by atoms with van der Waals surface area (Å²) in [5, 5.41) is 6.44. The number of nitrogens with zero attached hydrogens (tertiary/aromatic N) is 3. The molecule has 5 heteroatoms. The van der Waals surface area contributed by atoms with E-state index in [1.807, 2.05) is 6.07 Å². The fourth-order valence-electron chi connectivity index (χ4n) is 5.21. The number of aryl methyl sites for hydroxylation is 2. The van der Waals surface area contributed by atoms with Gasteiger partial charge in [-0.1, -0.05) is 62.1 Å². The zero-order valence-corrected chi connectivity index (χ0v) is 19.5. The highest BCUT2D eigenvalue weighted by molar-refractivity contribution is 6.04. The van der Waals surface area contributed by atoms with E-state index in [4.69, 9.17) is 5.10 Å². The Balaban J connectivity index is 1.62. The lowest BCUT2D eigenvalue weighted by molar-refractivity contribution is -0.135. The Kier molecular flexibility index (Phi) is 7.04. The fraction of sp³-hybridized carbons (Fsp3) is 0.481. The minimum atomic E-state index is -0.285. The first-order chi connectivity index (χ1) is 15.5. The van der Waals surface area contributed by atoms with E-state index >= 15 is 0 Å². The van der Waals surface area contributed by atoms with Crippen LogP contribution >= 0.6 is 0 Å². The monoisotopic (exact) mass is 435 g/mol. The third kappa shape index (κ3) is 4.93. The normalized spacial score (nSPS) is 19.5. The van der Waals surface area contributed by atoms with E-state index in [0.29, 0.717) is 19.0 Å². The van der Waals surface area contributed by atoms with Crippen LogP contribution in [0.4, 0.5) is 4.39 Å². The number of rotatable bonds is 6. The van der Waals surface area contributed by atoms with Gasteiger partial charge < -0.3 is 0 Å². The second-order valence-corrected chi connectivity index (χ2v) is 9.23. The maximum atomic E-state index is 14.0. The second kappa shape index (κ2) is 9.95. The Hall–Kier alpha value is -2.53. The van der Waals surface area contributed by atoms with Gasteiger partial charge in [-0.15, -0.1) is 0 Å². The van der Waals surface area contributed by atoms with Crippen LogP contribution in [0.5, 0.6) is 0 Å².